The molecule has 1 N–H and O–H groups in total. The zero-order chi connectivity index (χ0) is 9.36. The Balaban J connectivity index is 1.68. The maximum absolute atomic E-state index is 5.59. The molecule has 3 heteroatoms. The van der Waals surface area contributed by atoms with Crippen molar-refractivity contribution in [3.05, 3.63) is 0 Å². The molecule has 0 bridgehead atoms. The number of ether oxygens (including phenoxy) is 2. The highest BCUT2D eigenvalue weighted by molar-refractivity contribution is 4.68. The van der Waals surface area contributed by atoms with Crippen molar-refractivity contribution in [1.29, 1.82) is 0 Å². The lowest BCUT2D eigenvalue weighted by Gasteiger charge is -2.25. The summed E-state index contributed by atoms with van der Waals surface area (Å²) in [5, 5.41) is 3.32. The average molecular weight is 187 g/mol. The van der Waals surface area contributed by atoms with E-state index in [1.807, 2.05) is 0 Å². The van der Waals surface area contributed by atoms with Crippen molar-refractivity contribution in [2.75, 3.05) is 33.4 Å². The first kappa shape index (κ1) is 11.0. The van der Waals surface area contributed by atoms with E-state index in [0.717, 1.165) is 32.7 Å². The van der Waals surface area contributed by atoms with Gasteiger partial charge >= 0.3 is 0 Å². The lowest BCUT2D eigenvalue weighted by Crippen LogP contribution is -2.27. The van der Waals surface area contributed by atoms with Gasteiger partial charge in [-0.1, -0.05) is 0 Å². The topological polar surface area (TPSA) is 30.5 Å². The van der Waals surface area contributed by atoms with E-state index >= 15 is 0 Å². The fourth-order valence-corrected chi connectivity index (χ4v) is 1.30. The van der Waals surface area contributed by atoms with Crippen molar-refractivity contribution in [3.8, 4) is 0 Å². The highest BCUT2D eigenvalue weighted by atomic mass is 16.5. The van der Waals surface area contributed by atoms with Gasteiger partial charge in [-0.05, 0) is 32.2 Å². The van der Waals surface area contributed by atoms with Gasteiger partial charge in [0, 0.05) is 20.3 Å². The summed E-state index contributed by atoms with van der Waals surface area (Å²) in [6.45, 7) is 3.70. The second-order valence-corrected chi connectivity index (χ2v) is 3.52. The zero-order valence-corrected chi connectivity index (χ0v) is 8.55. The molecule has 1 fully saturated rings. The van der Waals surface area contributed by atoms with E-state index in [-0.39, 0.29) is 0 Å². The van der Waals surface area contributed by atoms with Gasteiger partial charge in [-0.15, -0.1) is 0 Å². The van der Waals surface area contributed by atoms with Gasteiger partial charge in [-0.2, -0.15) is 0 Å². The summed E-state index contributed by atoms with van der Waals surface area (Å²) in [5.41, 5.74) is 0. The van der Waals surface area contributed by atoms with E-state index in [1.54, 1.807) is 7.11 Å². The van der Waals surface area contributed by atoms with E-state index in [1.165, 1.54) is 19.3 Å². The highest BCUT2D eigenvalue weighted by Gasteiger charge is 2.16. The predicted molar refractivity (Wildman–Crippen MR) is 53.0 cm³/mol. The number of nitrogens with one attached hydrogen (secondary N) is 1. The quantitative estimate of drug-likeness (QED) is 0.579. The Morgan fingerprint density at radius 3 is 2.69 bits per heavy atom. The molecule has 0 radical (unpaired) electrons. The second kappa shape index (κ2) is 7.30. The van der Waals surface area contributed by atoms with E-state index in [2.05, 4.69) is 5.32 Å². The molecule has 1 saturated carbocycles. The Labute approximate surface area is 80.8 Å². The van der Waals surface area contributed by atoms with Crippen LogP contribution in [0.4, 0.5) is 0 Å². The molecule has 78 valence electrons. The van der Waals surface area contributed by atoms with Gasteiger partial charge < -0.3 is 14.8 Å². The first-order chi connectivity index (χ1) is 6.43. The van der Waals surface area contributed by atoms with Crippen LogP contribution < -0.4 is 5.32 Å². The molecule has 1 aliphatic carbocycles. The summed E-state index contributed by atoms with van der Waals surface area (Å²) < 4.78 is 10.5. The number of hydrogen-bond donors (Lipinski definition) is 1. The smallest absolute Gasteiger partial charge is 0.0594 e. The van der Waals surface area contributed by atoms with Gasteiger partial charge in [0.1, 0.15) is 0 Å². The number of methoxy groups -OCH3 is 1. The van der Waals surface area contributed by atoms with Crippen LogP contribution >= 0.6 is 0 Å². The molecule has 0 amide bonds. The van der Waals surface area contributed by atoms with Crippen LogP contribution in [0.25, 0.3) is 0 Å². The molecular weight excluding hydrogens is 166 g/mol. The van der Waals surface area contributed by atoms with Crippen LogP contribution in [0.1, 0.15) is 25.7 Å². The van der Waals surface area contributed by atoms with Crippen LogP contribution in [0.15, 0.2) is 0 Å². The minimum Gasteiger partial charge on any atom is -0.385 e. The summed E-state index contributed by atoms with van der Waals surface area (Å²) in [7, 11) is 1.74. The summed E-state index contributed by atoms with van der Waals surface area (Å²) in [6.07, 6.45) is 5.54. The van der Waals surface area contributed by atoms with Crippen LogP contribution in [-0.2, 0) is 9.47 Å². The van der Waals surface area contributed by atoms with E-state index in [0.29, 0.717) is 6.10 Å². The molecule has 1 aliphatic rings. The Kier molecular flexibility index (Phi) is 6.15. The fourth-order valence-electron chi connectivity index (χ4n) is 1.30. The lowest BCUT2D eigenvalue weighted by molar-refractivity contribution is 0.00422. The SMILES string of the molecule is COCCCNCCOC1CCC1. The van der Waals surface area contributed by atoms with Crippen molar-refractivity contribution in [2.45, 2.75) is 31.8 Å². The lowest BCUT2D eigenvalue weighted by atomic mass is 9.96. The molecule has 0 aromatic heterocycles. The Bertz CT molecular complexity index is 115. The maximum atomic E-state index is 5.59. The molecule has 1 rings (SSSR count). The van der Waals surface area contributed by atoms with Crippen LogP contribution in [0, 0.1) is 0 Å². The van der Waals surface area contributed by atoms with Crippen LogP contribution in [0.3, 0.4) is 0 Å². The third-order valence-corrected chi connectivity index (χ3v) is 2.39. The van der Waals surface area contributed by atoms with Gasteiger partial charge in [0.25, 0.3) is 0 Å². The van der Waals surface area contributed by atoms with Crippen LogP contribution in [0.2, 0.25) is 0 Å². The zero-order valence-electron chi connectivity index (χ0n) is 8.55. The summed E-state index contributed by atoms with van der Waals surface area (Å²) in [4.78, 5) is 0. The first-order valence-electron chi connectivity index (χ1n) is 5.24. The minimum atomic E-state index is 0.570. The number of hydrogen-bond acceptors (Lipinski definition) is 3. The molecule has 0 aliphatic heterocycles. The van der Waals surface area contributed by atoms with Gasteiger partial charge in [-0.25, -0.2) is 0 Å². The van der Waals surface area contributed by atoms with E-state index in [9.17, 15) is 0 Å². The van der Waals surface area contributed by atoms with Crippen molar-refractivity contribution >= 4 is 0 Å². The van der Waals surface area contributed by atoms with E-state index in [4.69, 9.17) is 9.47 Å². The Morgan fingerprint density at radius 2 is 2.08 bits per heavy atom. The molecule has 0 spiro atoms. The molecule has 13 heavy (non-hydrogen) atoms. The van der Waals surface area contributed by atoms with Crippen molar-refractivity contribution in [2.24, 2.45) is 0 Å². The Hall–Kier alpha value is -0.120. The van der Waals surface area contributed by atoms with Crippen molar-refractivity contribution in [1.82, 2.24) is 5.32 Å². The van der Waals surface area contributed by atoms with Gasteiger partial charge in [0.05, 0.1) is 12.7 Å². The largest absolute Gasteiger partial charge is 0.385 e. The molecule has 3 nitrogen and oxygen atoms in total. The maximum Gasteiger partial charge on any atom is 0.0594 e. The van der Waals surface area contributed by atoms with E-state index < -0.39 is 0 Å². The average Bonchev–Trinajstić information content (AvgIpc) is 2.07. The van der Waals surface area contributed by atoms with Gasteiger partial charge in [0.2, 0.25) is 0 Å². The predicted octanol–water partition coefficient (Wildman–Crippen LogP) is 1.18. The first-order valence-corrected chi connectivity index (χ1v) is 5.24. The molecule has 0 aromatic rings. The van der Waals surface area contributed by atoms with Gasteiger partial charge in [0.15, 0.2) is 0 Å². The monoisotopic (exact) mass is 187 g/mol. The third-order valence-electron chi connectivity index (χ3n) is 2.39. The second-order valence-electron chi connectivity index (χ2n) is 3.52. The summed E-state index contributed by atoms with van der Waals surface area (Å²) in [6, 6.07) is 0. The normalized spacial score (nSPS) is 17.3. The van der Waals surface area contributed by atoms with Crippen molar-refractivity contribution < 1.29 is 9.47 Å². The molecule has 0 aromatic carbocycles. The van der Waals surface area contributed by atoms with Crippen LogP contribution in [-0.4, -0.2) is 39.5 Å². The standard InChI is InChI=1S/C10H21NO2/c1-12-8-3-6-11-7-9-13-10-4-2-5-10/h10-11H,2-9H2,1H3. The van der Waals surface area contributed by atoms with Gasteiger partial charge in [-0.3, -0.25) is 0 Å². The Morgan fingerprint density at radius 1 is 1.23 bits per heavy atom. The summed E-state index contributed by atoms with van der Waals surface area (Å²) >= 11 is 0. The highest BCUT2D eigenvalue weighted by Crippen LogP contribution is 2.21. The minimum absolute atomic E-state index is 0.570. The molecular formula is C10H21NO2. The molecule has 0 saturated heterocycles. The summed E-state index contributed by atoms with van der Waals surface area (Å²) in [5.74, 6) is 0. The number of rotatable bonds is 8. The third kappa shape index (κ3) is 5.24. The molecule has 0 unspecified atom stereocenters. The molecule has 0 heterocycles. The van der Waals surface area contributed by atoms with Crippen LogP contribution in [0.5, 0.6) is 0 Å². The fraction of sp³-hybridized carbons (Fsp3) is 1.00. The molecule has 0 atom stereocenters. The van der Waals surface area contributed by atoms with Crippen molar-refractivity contribution in [3.63, 3.8) is 0 Å².